The van der Waals surface area contributed by atoms with E-state index in [0.717, 1.165) is 64.6 Å². The lowest BCUT2D eigenvalue weighted by atomic mass is 9.86. The molecule has 0 aromatic heterocycles. The Kier molecular flexibility index (Phi) is 32.0. The minimum absolute atomic E-state index is 0.00374. The zero-order valence-electron chi connectivity index (χ0n) is 37.0. The molecule has 0 spiro atoms. The molecule has 0 bridgehead atoms. The lowest BCUT2D eigenvalue weighted by molar-refractivity contribution is -0.156. The SMILES string of the molecule is CCCCCCCCCC(=O)OCCC1(CCCCN(CCCO)CCCCCCC(C)(C)C(=O)OCC(CCCCCCC)CCCCCCC)CC1. The summed E-state index contributed by atoms with van der Waals surface area (Å²) in [5, 5.41) is 9.49. The topological polar surface area (TPSA) is 76.1 Å². The van der Waals surface area contributed by atoms with Crippen molar-refractivity contribution in [3.8, 4) is 0 Å². The molecule has 320 valence electrons. The number of aliphatic hydroxyl groups is 1. The molecule has 1 aliphatic rings. The highest BCUT2D eigenvalue weighted by atomic mass is 16.5. The molecule has 0 amide bonds. The number of ether oxygens (including phenoxy) is 2. The van der Waals surface area contributed by atoms with Crippen molar-refractivity contribution >= 4 is 11.9 Å². The molecule has 0 unspecified atom stereocenters. The molecule has 54 heavy (non-hydrogen) atoms. The number of rotatable bonds is 41. The first-order chi connectivity index (χ1) is 26.2. The molecule has 0 radical (unpaired) electrons. The highest BCUT2D eigenvalue weighted by molar-refractivity contribution is 5.75. The van der Waals surface area contributed by atoms with Crippen LogP contribution in [0.15, 0.2) is 0 Å². The fourth-order valence-corrected chi connectivity index (χ4v) is 8.08. The van der Waals surface area contributed by atoms with Crippen molar-refractivity contribution in [2.45, 2.75) is 240 Å². The minimum Gasteiger partial charge on any atom is -0.466 e. The molecule has 0 saturated heterocycles. The van der Waals surface area contributed by atoms with Gasteiger partial charge in [0.25, 0.3) is 0 Å². The summed E-state index contributed by atoms with van der Waals surface area (Å²) in [4.78, 5) is 27.9. The van der Waals surface area contributed by atoms with Crippen LogP contribution in [0.1, 0.15) is 240 Å². The van der Waals surface area contributed by atoms with Gasteiger partial charge in [0.2, 0.25) is 0 Å². The third-order valence-corrected chi connectivity index (χ3v) is 12.4. The zero-order chi connectivity index (χ0) is 39.6. The van der Waals surface area contributed by atoms with E-state index >= 15 is 0 Å². The van der Waals surface area contributed by atoms with Gasteiger partial charge in [-0.2, -0.15) is 0 Å². The van der Waals surface area contributed by atoms with E-state index in [1.54, 1.807) is 0 Å². The van der Waals surface area contributed by atoms with Crippen molar-refractivity contribution in [2.24, 2.45) is 16.7 Å². The van der Waals surface area contributed by atoms with Gasteiger partial charge in [-0.05, 0) is 109 Å². The first-order valence-corrected chi connectivity index (χ1v) is 23.9. The molecule has 0 aliphatic heterocycles. The highest BCUT2D eigenvalue weighted by Crippen LogP contribution is 2.52. The predicted molar refractivity (Wildman–Crippen MR) is 230 cm³/mol. The van der Waals surface area contributed by atoms with Crippen LogP contribution in [0.2, 0.25) is 0 Å². The molecule has 1 N–H and O–H groups in total. The van der Waals surface area contributed by atoms with E-state index in [9.17, 15) is 14.7 Å². The fraction of sp³-hybridized carbons (Fsp3) is 0.958. The van der Waals surface area contributed by atoms with Crippen molar-refractivity contribution < 1.29 is 24.2 Å². The third kappa shape index (κ3) is 28.3. The Balaban J connectivity index is 2.26. The standard InChI is InChI=1S/C48H93NO5/c1-6-9-12-15-16-19-24-32-45(51)53-42-37-48(35-36-48)34-26-28-39-49(40-29-41-50)38-27-21-20-25-33-47(4,5)46(52)54-43-44(30-22-17-13-10-7-2)31-23-18-14-11-8-3/h44,50H,6-43H2,1-5H3. The molecule has 1 rings (SSSR count). The van der Waals surface area contributed by atoms with Crippen LogP contribution < -0.4 is 0 Å². The summed E-state index contributed by atoms with van der Waals surface area (Å²) in [6, 6.07) is 0. The second kappa shape index (κ2) is 33.9. The number of aliphatic hydroxyl groups excluding tert-OH is 1. The van der Waals surface area contributed by atoms with Gasteiger partial charge in [0.15, 0.2) is 0 Å². The minimum atomic E-state index is -0.423. The normalized spacial score (nSPS) is 13.9. The number of esters is 2. The Morgan fingerprint density at radius 3 is 1.69 bits per heavy atom. The molecule has 6 nitrogen and oxygen atoms in total. The smallest absolute Gasteiger partial charge is 0.311 e. The van der Waals surface area contributed by atoms with Crippen LogP contribution in [0, 0.1) is 16.7 Å². The predicted octanol–water partition coefficient (Wildman–Crippen LogP) is 13.6. The first-order valence-electron chi connectivity index (χ1n) is 23.9. The molecule has 1 saturated carbocycles. The van der Waals surface area contributed by atoms with Gasteiger partial charge in [-0.15, -0.1) is 0 Å². The number of carbonyl (C=O) groups is 2. The summed E-state index contributed by atoms with van der Waals surface area (Å²) in [6.07, 6.45) is 38.1. The largest absolute Gasteiger partial charge is 0.466 e. The second-order valence-electron chi connectivity index (χ2n) is 18.1. The van der Waals surface area contributed by atoms with Crippen LogP contribution in [-0.4, -0.2) is 61.4 Å². The first kappa shape index (κ1) is 50.9. The van der Waals surface area contributed by atoms with E-state index in [4.69, 9.17) is 9.47 Å². The molecule has 0 aromatic rings. The maximum atomic E-state index is 13.2. The van der Waals surface area contributed by atoms with E-state index < -0.39 is 5.41 Å². The molecule has 0 aromatic carbocycles. The van der Waals surface area contributed by atoms with Crippen molar-refractivity contribution in [2.75, 3.05) is 39.5 Å². The Hall–Kier alpha value is -1.14. The summed E-state index contributed by atoms with van der Waals surface area (Å²) < 4.78 is 11.6. The Morgan fingerprint density at radius 2 is 1.11 bits per heavy atom. The fourth-order valence-electron chi connectivity index (χ4n) is 8.08. The quantitative estimate of drug-likeness (QED) is 0.0494. The maximum absolute atomic E-state index is 13.2. The molecular weight excluding hydrogens is 671 g/mol. The monoisotopic (exact) mass is 764 g/mol. The van der Waals surface area contributed by atoms with E-state index in [1.165, 1.54) is 154 Å². The Labute approximate surface area is 336 Å². The molecule has 0 heterocycles. The number of hydrogen-bond acceptors (Lipinski definition) is 6. The Bertz CT molecular complexity index is 857. The van der Waals surface area contributed by atoms with Crippen molar-refractivity contribution in [1.82, 2.24) is 4.90 Å². The molecule has 0 atom stereocenters. The summed E-state index contributed by atoms with van der Waals surface area (Å²) >= 11 is 0. The van der Waals surface area contributed by atoms with Gasteiger partial charge in [0.05, 0.1) is 18.6 Å². The lowest BCUT2D eigenvalue weighted by Gasteiger charge is -2.25. The van der Waals surface area contributed by atoms with Crippen LogP contribution in [0.25, 0.3) is 0 Å². The van der Waals surface area contributed by atoms with Crippen LogP contribution in [-0.2, 0) is 19.1 Å². The van der Waals surface area contributed by atoms with E-state index in [-0.39, 0.29) is 18.5 Å². The van der Waals surface area contributed by atoms with Gasteiger partial charge in [-0.3, -0.25) is 9.59 Å². The maximum Gasteiger partial charge on any atom is 0.311 e. The van der Waals surface area contributed by atoms with Gasteiger partial charge in [0, 0.05) is 19.6 Å². The number of unbranched alkanes of at least 4 members (excludes halogenated alkanes) is 18. The number of hydrogen-bond donors (Lipinski definition) is 1. The molecular formula is C48H93NO5. The van der Waals surface area contributed by atoms with E-state index in [1.807, 2.05) is 0 Å². The average Bonchev–Trinajstić information content (AvgIpc) is 3.93. The van der Waals surface area contributed by atoms with Gasteiger partial charge < -0.3 is 19.5 Å². The van der Waals surface area contributed by atoms with Crippen LogP contribution in [0.4, 0.5) is 0 Å². The third-order valence-electron chi connectivity index (χ3n) is 12.4. The van der Waals surface area contributed by atoms with E-state index in [0.29, 0.717) is 31.0 Å². The highest BCUT2D eigenvalue weighted by Gasteiger charge is 2.41. The molecule has 1 fully saturated rings. The molecule has 6 heteroatoms. The Morgan fingerprint density at radius 1 is 0.611 bits per heavy atom. The van der Waals surface area contributed by atoms with Gasteiger partial charge in [-0.1, -0.05) is 149 Å². The summed E-state index contributed by atoms with van der Waals surface area (Å²) in [5.74, 6) is 0.501. The molecule has 1 aliphatic carbocycles. The number of nitrogens with zero attached hydrogens (tertiary/aromatic N) is 1. The number of carbonyl (C=O) groups excluding carboxylic acids is 2. The zero-order valence-corrected chi connectivity index (χ0v) is 37.0. The van der Waals surface area contributed by atoms with Crippen LogP contribution in [0.5, 0.6) is 0 Å². The van der Waals surface area contributed by atoms with E-state index in [2.05, 4.69) is 39.5 Å². The second-order valence-corrected chi connectivity index (χ2v) is 18.1. The summed E-state index contributed by atoms with van der Waals surface area (Å²) in [7, 11) is 0. The van der Waals surface area contributed by atoms with Crippen molar-refractivity contribution in [3.05, 3.63) is 0 Å². The van der Waals surface area contributed by atoms with Gasteiger partial charge in [-0.25, -0.2) is 0 Å². The van der Waals surface area contributed by atoms with Crippen molar-refractivity contribution in [3.63, 3.8) is 0 Å². The van der Waals surface area contributed by atoms with Gasteiger partial charge >= 0.3 is 11.9 Å². The average molecular weight is 764 g/mol. The summed E-state index contributed by atoms with van der Waals surface area (Å²) in [6.45, 7) is 15.5. The van der Waals surface area contributed by atoms with Crippen LogP contribution in [0.3, 0.4) is 0 Å². The summed E-state index contributed by atoms with van der Waals surface area (Å²) in [5.41, 5.74) is -0.00700. The van der Waals surface area contributed by atoms with Gasteiger partial charge in [0.1, 0.15) is 0 Å². The lowest BCUT2D eigenvalue weighted by Crippen LogP contribution is -2.29. The van der Waals surface area contributed by atoms with Crippen molar-refractivity contribution in [1.29, 1.82) is 0 Å². The van der Waals surface area contributed by atoms with Crippen LogP contribution >= 0.6 is 0 Å².